The molecule has 0 bridgehead atoms. The van der Waals surface area contributed by atoms with E-state index in [1.54, 1.807) is 5.41 Å². The minimum absolute atomic E-state index is 0.755. The smallest absolute Gasteiger partial charge is 0.156 e. The van der Waals surface area contributed by atoms with Crippen LogP contribution in [0, 0.1) is 0 Å². The van der Waals surface area contributed by atoms with Crippen molar-refractivity contribution < 1.29 is 4.79 Å². The molecular weight excluding hydrogens is 132 g/mol. The fraction of sp³-hybridized carbons (Fsp3) is 0.286. The molecule has 0 heterocycles. The minimum Gasteiger partial charge on any atom is -0.297 e. The number of hydrogen-bond donors (Lipinski definition) is 0. The number of carbonyl (C=O) groups is 1. The molecule has 0 fully saturated rings. The van der Waals surface area contributed by atoms with E-state index in [-0.39, 0.29) is 0 Å². The van der Waals surface area contributed by atoms with Gasteiger partial charge < -0.3 is 0 Å². The lowest BCUT2D eigenvalue weighted by atomic mass is 10.3. The van der Waals surface area contributed by atoms with Crippen LogP contribution in [0.2, 0.25) is 0 Å². The van der Waals surface area contributed by atoms with Crippen molar-refractivity contribution >= 4 is 18.0 Å². The average Bonchev–Trinajstić information content (AvgIpc) is 1.82. The van der Waals surface area contributed by atoms with Crippen molar-refractivity contribution in [2.75, 3.05) is 0 Å². The molecule has 0 aromatic carbocycles. The third-order valence-electron chi connectivity index (χ3n) is 0.810. The summed E-state index contributed by atoms with van der Waals surface area (Å²) < 4.78 is 0. The van der Waals surface area contributed by atoms with E-state index in [4.69, 9.17) is 0 Å². The Kier molecular flexibility index (Phi) is 4.14. The summed E-state index contributed by atoms with van der Waals surface area (Å²) in [5.74, 6) is 0. The van der Waals surface area contributed by atoms with Gasteiger partial charge in [-0.3, -0.25) is 4.79 Å². The van der Waals surface area contributed by atoms with Crippen molar-refractivity contribution in [2.45, 2.75) is 13.8 Å². The van der Waals surface area contributed by atoms with E-state index in [2.05, 4.69) is 6.58 Å². The lowest BCUT2D eigenvalue weighted by Crippen LogP contribution is -1.78. The van der Waals surface area contributed by atoms with Gasteiger partial charge in [-0.2, -0.15) is 0 Å². The van der Waals surface area contributed by atoms with Crippen LogP contribution < -0.4 is 0 Å². The predicted molar refractivity (Wildman–Crippen MR) is 42.2 cm³/mol. The first-order chi connectivity index (χ1) is 4.22. The van der Waals surface area contributed by atoms with Crippen LogP contribution in [0.1, 0.15) is 13.8 Å². The maximum absolute atomic E-state index is 10.2. The van der Waals surface area contributed by atoms with Crippen LogP contribution in [-0.4, -0.2) is 6.29 Å². The number of thioether (sulfide) groups is 1. The number of allylic oxidation sites excluding steroid dienone is 2. The molecule has 9 heavy (non-hydrogen) atoms. The molecule has 0 unspecified atom stereocenters. The molecule has 0 rings (SSSR count). The van der Waals surface area contributed by atoms with Crippen LogP contribution in [0.25, 0.3) is 0 Å². The third-order valence-corrected chi connectivity index (χ3v) is 1.74. The third kappa shape index (κ3) is 3.14. The Morgan fingerprint density at radius 1 is 1.56 bits per heavy atom. The Morgan fingerprint density at radius 2 is 2.11 bits per heavy atom. The maximum atomic E-state index is 10.2. The van der Waals surface area contributed by atoms with Crippen molar-refractivity contribution in [1.82, 2.24) is 0 Å². The highest BCUT2D eigenvalue weighted by Crippen LogP contribution is 2.16. The fourth-order valence-corrected chi connectivity index (χ4v) is 0.824. The molecule has 0 saturated carbocycles. The van der Waals surface area contributed by atoms with Crippen molar-refractivity contribution in [2.24, 2.45) is 0 Å². The summed E-state index contributed by atoms with van der Waals surface area (Å²) in [6.07, 6.45) is 0.849. The lowest BCUT2D eigenvalue weighted by Gasteiger charge is -1.93. The number of carbonyl (C=O) groups excluding carboxylic acids is 1. The van der Waals surface area contributed by atoms with Gasteiger partial charge in [0.15, 0.2) is 6.29 Å². The molecule has 0 saturated heterocycles. The quantitative estimate of drug-likeness (QED) is 0.444. The van der Waals surface area contributed by atoms with Gasteiger partial charge in [-0.05, 0) is 19.3 Å². The summed E-state index contributed by atoms with van der Waals surface area (Å²) in [6, 6.07) is 0. The SMILES string of the molecule is C=CSC(C=O)=C(C)C. The molecule has 2 heteroatoms. The van der Waals surface area contributed by atoms with Gasteiger partial charge >= 0.3 is 0 Å². The topological polar surface area (TPSA) is 17.1 Å². The van der Waals surface area contributed by atoms with Crippen LogP contribution in [0.4, 0.5) is 0 Å². The maximum Gasteiger partial charge on any atom is 0.156 e. The molecule has 0 amide bonds. The van der Waals surface area contributed by atoms with Gasteiger partial charge in [-0.1, -0.05) is 23.9 Å². The standard InChI is InChI=1S/C7H10OS/c1-4-9-7(5-8)6(2)3/h4-5H,1H2,2-3H3. The number of hydrogen-bond acceptors (Lipinski definition) is 2. The normalized spacial score (nSPS) is 8.22. The van der Waals surface area contributed by atoms with Gasteiger partial charge in [0.25, 0.3) is 0 Å². The van der Waals surface area contributed by atoms with Gasteiger partial charge in [0.1, 0.15) is 0 Å². The van der Waals surface area contributed by atoms with Gasteiger partial charge in [-0.25, -0.2) is 0 Å². The Hall–Kier alpha value is -0.500. The van der Waals surface area contributed by atoms with E-state index in [1.807, 2.05) is 13.8 Å². The van der Waals surface area contributed by atoms with E-state index in [9.17, 15) is 4.79 Å². The second-order valence-electron chi connectivity index (χ2n) is 1.77. The fourth-order valence-electron chi connectivity index (χ4n) is 0.353. The first kappa shape index (κ1) is 8.50. The van der Waals surface area contributed by atoms with Crippen molar-refractivity contribution in [1.29, 1.82) is 0 Å². The molecule has 0 atom stereocenters. The van der Waals surface area contributed by atoms with Gasteiger partial charge in [0, 0.05) is 0 Å². The summed E-state index contributed by atoms with van der Waals surface area (Å²) >= 11 is 1.36. The van der Waals surface area contributed by atoms with E-state index in [0.29, 0.717) is 0 Å². The molecule has 0 aliphatic carbocycles. The van der Waals surface area contributed by atoms with Crippen LogP contribution in [0.15, 0.2) is 22.5 Å². The molecule has 0 aromatic heterocycles. The second-order valence-corrected chi connectivity index (χ2v) is 2.78. The summed E-state index contributed by atoms with van der Waals surface area (Å²) in [7, 11) is 0. The first-order valence-corrected chi connectivity index (χ1v) is 3.50. The largest absolute Gasteiger partial charge is 0.297 e. The summed E-state index contributed by atoms with van der Waals surface area (Å²) in [5.41, 5.74) is 1.04. The monoisotopic (exact) mass is 142 g/mol. The molecule has 0 aliphatic heterocycles. The minimum atomic E-state index is 0.755. The highest BCUT2D eigenvalue weighted by atomic mass is 32.2. The van der Waals surface area contributed by atoms with Crippen molar-refractivity contribution in [3.8, 4) is 0 Å². The number of rotatable bonds is 3. The molecule has 0 aliphatic rings. The van der Waals surface area contributed by atoms with E-state index < -0.39 is 0 Å². The van der Waals surface area contributed by atoms with E-state index in [0.717, 1.165) is 16.8 Å². The zero-order valence-electron chi connectivity index (χ0n) is 5.68. The number of aldehydes is 1. The van der Waals surface area contributed by atoms with Crippen LogP contribution >= 0.6 is 11.8 Å². The summed E-state index contributed by atoms with van der Waals surface area (Å²) in [6.45, 7) is 7.31. The summed E-state index contributed by atoms with van der Waals surface area (Å²) in [4.78, 5) is 11.0. The van der Waals surface area contributed by atoms with Crippen LogP contribution in [-0.2, 0) is 4.79 Å². The first-order valence-electron chi connectivity index (χ1n) is 2.62. The summed E-state index contributed by atoms with van der Waals surface area (Å²) in [5, 5.41) is 1.65. The van der Waals surface area contributed by atoms with Crippen molar-refractivity contribution in [3.05, 3.63) is 22.5 Å². The highest BCUT2D eigenvalue weighted by Gasteiger charge is 1.92. The average molecular weight is 142 g/mol. The lowest BCUT2D eigenvalue weighted by molar-refractivity contribution is -0.104. The van der Waals surface area contributed by atoms with Crippen LogP contribution in [0.3, 0.4) is 0 Å². The molecular formula is C7H10OS. The molecule has 0 spiro atoms. The Labute approximate surface area is 59.8 Å². The van der Waals surface area contributed by atoms with Gasteiger partial charge in [0.2, 0.25) is 0 Å². The van der Waals surface area contributed by atoms with Gasteiger partial charge in [0.05, 0.1) is 4.91 Å². The van der Waals surface area contributed by atoms with E-state index in [1.165, 1.54) is 11.8 Å². The zero-order chi connectivity index (χ0) is 7.28. The molecule has 0 N–H and O–H groups in total. The molecule has 1 nitrogen and oxygen atoms in total. The Balaban J connectivity index is 4.14. The Morgan fingerprint density at radius 3 is 2.22 bits per heavy atom. The van der Waals surface area contributed by atoms with E-state index >= 15 is 0 Å². The van der Waals surface area contributed by atoms with Gasteiger partial charge in [-0.15, -0.1) is 0 Å². The highest BCUT2D eigenvalue weighted by molar-refractivity contribution is 8.06. The van der Waals surface area contributed by atoms with Crippen molar-refractivity contribution in [3.63, 3.8) is 0 Å². The zero-order valence-corrected chi connectivity index (χ0v) is 6.49. The molecule has 0 radical (unpaired) electrons. The molecule has 0 aromatic rings. The Bertz CT molecular complexity index is 143. The van der Waals surface area contributed by atoms with Crippen LogP contribution in [0.5, 0.6) is 0 Å². The predicted octanol–water partition coefficient (Wildman–Crippen LogP) is 2.36. The second kappa shape index (κ2) is 4.39. The molecule has 50 valence electrons.